The van der Waals surface area contributed by atoms with Crippen LogP contribution in [0, 0.1) is 11.6 Å². The highest BCUT2D eigenvalue weighted by Gasteiger charge is 2.21. The minimum absolute atomic E-state index is 0.00764. The summed E-state index contributed by atoms with van der Waals surface area (Å²) in [6.07, 6.45) is -0.0838. The van der Waals surface area contributed by atoms with E-state index in [1.54, 1.807) is 18.2 Å². The summed E-state index contributed by atoms with van der Waals surface area (Å²) in [7, 11) is 0. The van der Waals surface area contributed by atoms with E-state index in [-0.39, 0.29) is 48.4 Å². The first-order valence-electron chi connectivity index (χ1n) is 7.71. The highest BCUT2D eigenvalue weighted by Crippen LogP contribution is 2.30. The first kappa shape index (κ1) is 19.0. The third-order valence-corrected chi connectivity index (χ3v) is 5.09. The molecule has 0 aliphatic heterocycles. The normalized spacial score (nSPS) is 11.2. The van der Waals surface area contributed by atoms with Crippen LogP contribution in [0.1, 0.15) is 21.5 Å². The van der Waals surface area contributed by atoms with Gasteiger partial charge in [0.25, 0.3) is 0 Å². The third kappa shape index (κ3) is 3.98. The number of ketones is 1. The van der Waals surface area contributed by atoms with Crippen LogP contribution < -0.4 is 0 Å². The second kappa shape index (κ2) is 8.30. The maximum atomic E-state index is 15.0. The van der Waals surface area contributed by atoms with Gasteiger partial charge in [0.05, 0.1) is 23.4 Å². The summed E-state index contributed by atoms with van der Waals surface area (Å²) in [6, 6.07) is 6.05. The molecular formula is C18H14BrF2NO3S. The topological polar surface area (TPSA) is 59.4 Å². The molecule has 0 spiro atoms. The van der Waals surface area contributed by atoms with E-state index < -0.39 is 17.4 Å². The quantitative estimate of drug-likeness (QED) is 0.442. The Kier molecular flexibility index (Phi) is 6.08. The Bertz CT molecular complexity index is 961. The maximum Gasteiger partial charge on any atom is 0.188 e. The number of halogens is 3. The molecule has 0 bridgehead atoms. The fourth-order valence-electron chi connectivity index (χ4n) is 2.59. The van der Waals surface area contributed by atoms with Gasteiger partial charge in [-0.15, -0.1) is 11.3 Å². The van der Waals surface area contributed by atoms with Crippen molar-refractivity contribution in [1.82, 2.24) is 4.98 Å². The molecule has 0 amide bonds. The number of fused-ring (bicyclic) bond motifs is 1. The number of hydrogen-bond acceptors (Lipinski definition) is 5. The van der Waals surface area contributed by atoms with Gasteiger partial charge in [0.2, 0.25) is 0 Å². The summed E-state index contributed by atoms with van der Waals surface area (Å²) in [5.41, 5.74) is 2.15. The first-order valence-corrected chi connectivity index (χ1v) is 9.38. The van der Waals surface area contributed by atoms with Crippen LogP contribution in [-0.4, -0.2) is 35.7 Å². The molecule has 0 aliphatic carbocycles. The SMILES string of the molecule is O=C(COCCO)c1cc2scnc2c(F)c1Cc1ccc(Br)cc1F. The van der Waals surface area contributed by atoms with E-state index in [0.717, 1.165) is 0 Å². The minimum atomic E-state index is -0.628. The van der Waals surface area contributed by atoms with Crippen molar-refractivity contribution in [3.8, 4) is 0 Å². The summed E-state index contributed by atoms with van der Waals surface area (Å²) in [5.74, 6) is -1.55. The van der Waals surface area contributed by atoms with Crippen molar-refractivity contribution in [1.29, 1.82) is 0 Å². The van der Waals surface area contributed by atoms with Gasteiger partial charge in [0.15, 0.2) is 11.6 Å². The van der Waals surface area contributed by atoms with Gasteiger partial charge < -0.3 is 9.84 Å². The Balaban J connectivity index is 2.04. The first-order chi connectivity index (χ1) is 12.5. The number of hydrogen-bond donors (Lipinski definition) is 1. The Labute approximate surface area is 160 Å². The summed E-state index contributed by atoms with van der Waals surface area (Å²) >= 11 is 4.40. The molecule has 0 fully saturated rings. The van der Waals surface area contributed by atoms with E-state index in [4.69, 9.17) is 9.84 Å². The molecule has 2 aromatic carbocycles. The minimum Gasteiger partial charge on any atom is -0.394 e. The lowest BCUT2D eigenvalue weighted by molar-refractivity contribution is 0.0663. The van der Waals surface area contributed by atoms with E-state index in [0.29, 0.717) is 9.17 Å². The van der Waals surface area contributed by atoms with Crippen LogP contribution in [0.3, 0.4) is 0 Å². The van der Waals surface area contributed by atoms with Gasteiger partial charge in [0, 0.05) is 22.0 Å². The molecule has 3 aromatic rings. The summed E-state index contributed by atoms with van der Waals surface area (Å²) < 4.78 is 35.4. The van der Waals surface area contributed by atoms with Crippen LogP contribution in [0.5, 0.6) is 0 Å². The van der Waals surface area contributed by atoms with E-state index in [1.807, 2.05) is 0 Å². The van der Waals surface area contributed by atoms with Crippen molar-refractivity contribution >= 4 is 43.3 Å². The Morgan fingerprint density at radius 3 is 2.85 bits per heavy atom. The lowest BCUT2D eigenvalue weighted by atomic mass is 9.96. The Morgan fingerprint density at radius 2 is 2.12 bits per heavy atom. The molecule has 0 aliphatic rings. The molecule has 1 aromatic heterocycles. The fourth-order valence-corrected chi connectivity index (χ4v) is 3.63. The smallest absolute Gasteiger partial charge is 0.188 e. The zero-order valence-electron chi connectivity index (χ0n) is 13.5. The number of thiazole rings is 1. The number of carbonyl (C=O) groups is 1. The molecule has 0 saturated heterocycles. The number of benzene rings is 2. The van der Waals surface area contributed by atoms with Gasteiger partial charge in [0.1, 0.15) is 17.9 Å². The standard InChI is InChI=1S/C18H14BrF2NO3S/c19-11-2-1-10(14(20)6-11)5-13-12(15(24)8-25-4-3-23)7-16-18(17(13)21)22-9-26-16/h1-2,6-7,9,23H,3-5,8H2. The number of Topliss-reactive ketones (excluding diaryl/α,β-unsaturated/α-hetero) is 1. The molecule has 0 saturated carbocycles. The highest BCUT2D eigenvalue weighted by atomic mass is 79.9. The molecule has 1 N–H and O–H groups in total. The molecule has 0 radical (unpaired) electrons. The molecular weight excluding hydrogens is 428 g/mol. The lowest BCUT2D eigenvalue weighted by Gasteiger charge is -2.12. The summed E-state index contributed by atoms with van der Waals surface area (Å²) in [6.45, 7) is -0.500. The molecule has 0 unspecified atom stereocenters. The van der Waals surface area contributed by atoms with Crippen molar-refractivity contribution in [2.24, 2.45) is 0 Å². The van der Waals surface area contributed by atoms with E-state index in [9.17, 15) is 13.6 Å². The maximum absolute atomic E-state index is 15.0. The predicted octanol–water partition coefficient (Wildman–Crippen LogP) is 4.12. The van der Waals surface area contributed by atoms with E-state index >= 15 is 0 Å². The highest BCUT2D eigenvalue weighted by molar-refractivity contribution is 9.10. The van der Waals surface area contributed by atoms with Crippen molar-refractivity contribution in [2.75, 3.05) is 19.8 Å². The number of carbonyl (C=O) groups excluding carboxylic acids is 1. The lowest BCUT2D eigenvalue weighted by Crippen LogP contribution is -2.15. The molecule has 0 atom stereocenters. The van der Waals surface area contributed by atoms with Gasteiger partial charge in [-0.25, -0.2) is 13.8 Å². The van der Waals surface area contributed by atoms with Crippen LogP contribution in [0.25, 0.3) is 10.2 Å². The Hall–Kier alpha value is -1.74. The monoisotopic (exact) mass is 441 g/mol. The van der Waals surface area contributed by atoms with Crippen molar-refractivity contribution < 1.29 is 23.4 Å². The molecule has 8 heteroatoms. The zero-order chi connectivity index (χ0) is 18.7. The number of ether oxygens (including phenoxy) is 1. The van der Waals surface area contributed by atoms with Crippen LogP contribution in [0.15, 0.2) is 34.2 Å². The number of nitrogens with zero attached hydrogens (tertiary/aromatic N) is 1. The summed E-state index contributed by atoms with van der Waals surface area (Å²) in [4.78, 5) is 16.5. The van der Waals surface area contributed by atoms with Crippen LogP contribution >= 0.6 is 27.3 Å². The number of aliphatic hydroxyl groups excluding tert-OH is 1. The van der Waals surface area contributed by atoms with E-state index in [2.05, 4.69) is 20.9 Å². The number of rotatable bonds is 7. The molecule has 1 heterocycles. The summed E-state index contributed by atoms with van der Waals surface area (Å²) in [5, 5.41) is 8.76. The van der Waals surface area contributed by atoms with Gasteiger partial charge in [-0.05, 0) is 23.8 Å². The Morgan fingerprint density at radius 1 is 1.31 bits per heavy atom. The average molecular weight is 442 g/mol. The van der Waals surface area contributed by atoms with Gasteiger partial charge >= 0.3 is 0 Å². The van der Waals surface area contributed by atoms with Gasteiger partial charge in [-0.1, -0.05) is 22.0 Å². The van der Waals surface area contributed by atoms with Gasteiger partial charge in [-0.3, -0.25) is 4.79 Å². The molecule has 3 rings (SSSR count). The second-order valence-corrected chi connectivity index (χ2v) is 7.33. The van der Waals surface area contributed by atoms with Crippen LogP contribution in [0.2, 0.25) is 0 Å². The average Bonchev–Trinajstić information content (AvgIpc) is 3.08. The number of aromatic nitrogens is 1. The predicted molar refractivity (Wildman–Crippen MR) is 98.7 cm³/mol. The van der Waals surface area contributed by atoms with Crippen molar-refractivity contribution in [3.63, 3.8) is 0 Å². The largest absolute Gasteiger partial charge is 0.394 e. The van der Waals surface area contributed by atoms with Crippen molar-refractivity contribution in [2.45, 2.75) is 6.42 Å². The molecule has 26 heavy (non-hydrogen) atoms. The number of aliphatic hydroxyl groups is 1. The second-order valence-electron chi connectivity index (χ2n) is 5.53. The van der Waals surface area contributed by atoms with Gasteiger partial charge in [-0.2, -0.15) is 0 Å². The zero-order valence-corrected chi connectivity index (χ0v) is 15.9. The van der Waals surface area contributed by atoms with Crippen molar-refractivity contribution in [3.05, 3.63) is 62.6 Å². The fraction of sp³-hybridized carbons (Fsp3) is 0.222. The van der Waals surface area contributed by atoms with Crippen LogP contribution in [0.4, 0.5) is 8.78 Å². The molecule has 4 nitrogen and oxygen atoms in total. The van der Waals surface area contributed by atoms with Crippen LogP contribution in [-0.2, 0) is 11.2 Å². The van der Waals surface area contributed by atoms with E-state index in [1.165, 1.54) is 22.9 Å². The molecule has 136 valence electrons. The third-order valence-electron chi connectivity index (χ3n) is 3.82.